The fraction of sp³-hybridized carbons (Fsp3) is 0. The molecule has 0 unspecified atom stereocenters. The number of para-hydroxylation sites is 2. The van der Waals surface area contributed by atoms with E-state index in [1.807, 2.05) is 66.9 Å². The molecule has 0 aliphatic heterocycles. The lowest BCUT2D eigenvalue weighted by molar-refractivity contribution is 1.18. The number of nitrogens with one attached hydrogen (secondary N) is 1. The highest BCUT2D eigenvalue weighted by Crippen LogP contribution is 2.39. The van der Waals surface area contributed by atoms with Gasteiger partial charge in [0, 0.05) is 28.3 Å². The van der Waals surface area contributed by atoms with Crippen molar-refractivity contribution in [3.63, 3.8) is 0 Å². The van der Waals surface area contributed by atoms with Crippen LogP contribution in [-0.2, 0) is 0 Å². The van der Waals surface area contributed by atoms with Crippen molar-refractivity contribution in [2.75, 3.05) is 5.32 Å². The minimum Gasteiger partial charge on any atom is -0.362 e. The minimum atomic E-state index is 1.04. The highest BCUT2D eigenvalue weighted by atomic mass is 15.0. The van der Waals surface area contributed by atoms with Crippen LogP contribution in [0, 0.1) is 12.3 Å². The van der Waals surface area contributed by atoms with Crippen LogP contribution in [0.5, 0.6) is 0 Å². The normalized spacial score (nSPS) is 12.0. The third kappa shape index (κ3) is 5.20. The van der Waals surface area contributed by atoms with Gasteiger partial charge in [0.25, 0.3) is 0 Å². The van der Waals surface area contributed by atoms with Crippen LogP contribution >= 0.6 is 0 Å². The Bertz CT molecular complexity index is 2080. The zero-order valence-corrected chi connectivity index (χ0v) is 23.2. The third-order valence-electron chi connectivity index (χ3n) is 7.34. The molecule has 0 saturated carbocycles. The summed E-state index contributed by atoms with van der Waals surface area (Å²) in [7, 11) is 0. The first kappa shape index (κ1) is 26.4. The summed E-state index contributed by atoms with van der Waals surface area (Å²) in [4.78, 5) is 0. The maximum absolute atomic E-state index is 5.65. The molecule has 6 aromatic rings. The Morgan fingerprint density at radius 1 is 0.690 bits per heavy atom. The summed E-state index contributed by atoms with van der Waals surface area (Å²) >= 11 is 0. The Morgan fingerprint density at radius 2 is 1.45 bits per heavy atom. The summed E-state index contributed by atoms with van der Waals surface area (Å²) in [5.41, 5.74) is 7.60. The Hall–Kier alpha value is -5.78. The van der Waals surface area contributed by atoms with Crippen LogP contribution in [0.25, 0.3) is 56.5 Å². The molecule has 0 aliphatic carbocycles. The van der Waals surface area contributed by atoms with E-state index in [1.165, 1.54) is 16.2 Å². The van der Waals surface area contributed by atoms with E-state index in [0.29, 0.717) is 0 Å². The van der Waals surface area contributed by atoms with Gasteiger partial charge in [-0.15, -0.1) is 6.42 Å². The fourth-order valence-electron chi connectivity index (χ4n) is 5.48. The second-order valence-electron chi connectivity index (χ2n) is 9.89. The number of allylic oxidation sites excluding steroid dienone is 5. The number of benzene rings is 5. The molecule has 0 saturated heterocycles. The molecular weight excluding hydrogens is 508 g/mol. The quantitative estimate of drug-likeness (QED) is 0.151. The van der Waals surface area contributed by atoms with E-state index in [9.17, 15) is 0 Å². The largest absolute Gasteiger partial charge is 0.362 e. The van der Waals surface area contributed by atoms with Crippen LogP contribution in [0.15, 0.2) is 146 Å². The van der Waals surface area contributed by atoms with Crippen molar-refractivity contribution in [1.29, 1.82) is 0 Å². The van der Waals surface area contributed by atoms with Crippen molar-refractivity contribution in [2.24, 2.45) is 0 Å². The highest BCUT2D eigenvalue weighted by molar-refractivity contribution is 6.15. The molecule has 0 amide bonds. The molecule has 5 aromatic carbocycles. The number of fused-ring (bicyclic) bond motifs is 4. The lowest BCUT2D eigenvalue weighted by Crippen LogP contribution is -1.96. The van der Waals surface area contributed by atoms with Gasteiger partial charge in [-0.25, -0.2) is 0 Å². The van der Waals surface area contributed by atoms with Gasteiger partial charge in [0.2, 0.25) is 0 Å². The van der Waals surface area contributed by atoms with E-state index >= 15 is 0 Å². The molecule has 0 atom stereocenters. The predicted molar refractivity (Wildman–Crippen MR) is 184 cm³/mol. The predicted octanol–water partition coefficient (Wildman–Crippen LogP) is 10.4. The molecule has 1 aromatic heterocycles. The standard InChI is InChI=1S/C40H30N2/c1-3-5-22-36-32(19-9-6-7-16-27-41-33-20-10-8-11-21-33)29-39-40(35(36)4-2)37-23-14-15-24-38(37)42(39)34-26-25-30-17-12-13-18-31(30)28-34/h1,4-29,41H,2H2/b7-6-,19-9-,22-5-,27-16+. The lowest BCUT2D eigenvalue weighted by Gasteiger charge is -2.13. The van der Waals surface area contributed by atoms with Crippen LogP contribution < -0.4 is 5.32 Å². The van der Waals surface area contributed by atoms with Gasteiger partial charge >= 0.3 is 0 Å². The van der Waals surface area contributed by atoms with E-state index in [4.69, 9.17) is 6.42 Å². The summed E-state index contributed by atoms with van der Waals surface area (Å²) in [5, 5.41) is 8.04. The maximum Gasteiger partial charge on any atom is 0.0553 e. The van der Waals surface area contributed by atoms with E-state index in [1.54, 1.807) is 6.08 Å². The first-order chi connectivity index (χ1) is 20.8. The van der Waals surface area contributed by atoms with Crippen molar-refractivity contribution in [2.45, 2.75) is 0 Å². The molecule has 0 radical (unpaired) electrons. The molecule has 1 N–H and O–H groups in total. The monoisotopic (exact) mass is 538 g/mol. The second-order valence-corrected chi connectivity index (χ2v) is 9.89. The van der Waals surface area contributed by atoms with Gasteiger partial charge in [0.1, 0.15) is 0 Å². The SMILES string of the molecule is C#C/C=C\c1c(\C=C/C=C\C=C\Nc2ccccc2)cc2c(c1C=C)c1ccccc1n2-c1ccc2ccccc2c1. The van der Waals surface area contributed by atoms with Crippen molar-refractivity contribution in [1.82, 2.24) is 4.57 Å². The number of hydrogen-bond acceptors (Lipinski definition) is 1. The van der Waals surface area contributed by atoms with Crippen LogP contribution in [-0.4, -0.2) is 4.57 Å². The zero-order chi connectivity index (χ0) is 28.7. The highest BCUT2D eigenvalue weighted by Gasteiger charge is 2.18. The van der Waals surface area contributed by atoms with Crippen LogP contribution in [0.3, 0.4) is 0 Å². The van der Waals surface area contributed by atoms with Gasteiger partial charge in [-0.2, -0.15) is 0 Å². The summed E-state index contributed by atoms with van der Waals surface area (Å²) < 4.78 is 2.35. The van der Waals surface area contributed by atoms with Gasteiger partial charge in [-0.3, -0.25) is 0 Å². The number of aromatic nitrogens is 1. The smallest absolute Gasteiger partial charge is 0.0553 e. The van der Waals surface area contributed by atoms with E-state index in [2.05, 4.69) is 107 Å². The molecule has 200 valence electrons. The summed E-state index contributed by atoms with van der Waals surface area (Å²) in [5.74, 6) is 2.66. The number of rotatable bonds is 8. The van der Waals surface area contributed by atoms with Crippen molar-refractivity contribution in [3.8, 4) is 18.0 Å². The topological polar surface area (TPSA) is 17.0 Å². The number of nitrogens with zero attached hydrogens (tertiary/aromatic N) is 1. The first-order valence-electron chi connectivity index (χ1n) is 13.9. The summed E-state index contributed by atoms with van der Waals surface area (Å²) in [6.07, 6.45) is 23.5. The number of terminal acetylenes is 1. The molecule has 2 nitrogen and oxygen atoms in total. The molecule has 2 heteroatoms. The Kier molecular flexibility index (Phi) is 7.66. The van der Waals surface area contributed by atoms with Crippen molar-refractivity contribution >= 4 is 56.5 Å². The second kappa shape index (κ2) is 12.2. The van der Waals surface area contributed by atoms with Gasteiger partial charge < -0.3 is 9.88 Å². The summed E-state index contributed by atoms with van der Waals surface area (Å²) in [6.45, 7) is 4.23. The first-order valence-corrected chi connectivity index (χ1v) is 13.9. The molecular formula is C40H30N2. The Morgan fingerprint density at radius 3 is 2.29 bits per heavy atom. The van der Waals surface area contributed by atoms with Crippen molar-refractivity contribution < 1.29 is 0 Å². The molecule has 0 spiro atoms. The molecule has 6 rings (SSSR count). The summed E-state index contributed by atoms with van der Waals surface area (Å²) in [6, 6.07) is 36.0. The van der Waals surface area contributed by atoms with Crippen LogP contribution in [0.1, 0.15) is 16.7 Å². The minimum absolute atomic E-state index is 1.04. The molecule has 0 bridgehead atoms. The van der Waals surface area contributed by atoms with E-state index < -0.39 is 0 Å². The van der Waals surface area contributed by atoms with Crippen LogP contribution in [0.4, 0.5) is 5.69 Å². The third-order valence-corrected chi connectivity index (χ3v) is 7.34. The Balaban J connectivity index is 1.48. The van der Waals surface area contributed by atoms with Crippen molar-refractivity contribution in [3.05, 3.63) is 163 Å². The Labute approximate surface area is 246 Å². The number of hydrogen-bond donors (Lipinski definition) is 1. The lowest BCUT2D eigenvalue weighted by atomic mass is 9.94. The molecule has 0 aliphatic rings. The van der Waals surface area contributed by atoms with E-state index in [-0.39, 0.29) is 0 Å². The van der Waals surface area contributed by atoms with Gasteiger partial charge in [-0.1, -0.05) is 110 Å². The van der Waals surface area contributed by atoms with E-state index in [0.717, 1.165) is 44.5 Å². The van der Waals surface area contributed by atoms with Gasteiger partial charge in [-0.05, 0) is 82.1 Å². The average Bonchev–Trinajstić information content (AvgIpc) is 3.37. The van der Waals surface area contributed by atoms with Gasteiger partial charge in [0.15, 0.2) is 0 Å². The fourth-order valence-corrected chi connectivity index (χ4v) is 5.48. The average molecular weight is 539 g/mol. The molecule has 0 fully saturated rings. The molecule has 1 heterocycles. The maximum atomic E-state index is 5.65. The zero-order valence-electron chi connectivity index (χ0n) is 23.2. The van der Waals surface area contributed by atoms with Crippen LogP contribution in [0.2, 0.25) is 0 Å². The molecule has 42 heavy (non-hydrogen) atoms. The van der Waals surface area contributed by atoms with Gasteiger partial charge in [0.05, 0.1) is 11.0 Å². The number of anilines is 1.